The summed E-state index contributed by atoms with van der Waals surface area (Å²) in [6, 6.07) is 3.96. The van der Waals surface area contributed by atoms with Crippen molar-refractivity contribution in [2.45, 2.75) is 13.2 Å². The number of aromatic nitrogens is 1. The SMILES string of the molecule is FC(F)Oc1ccc2nc(OC(F)F)sc2c1. The predicted octanol–water partition coefficient (Wildman–Crippen LogP) is 3.50. The van der Waals surface area contributed by atoms with Gasteiger partial charge in [0.25, 0.3) is 5.19 Å². The van der Waals surface area contributed by atoms with Crippen molar-refractivity contribution >= 4 is 21.6 Å². The molecule has 1 heterocycles. The van der Waals surface area contributed by atoms with Crippen molar-refractivity contribution in [1.29, 1.82) is 0 Å². The van der Waals surface area contributed by atoms with Gasteiger partial charge in [-0.05, 0) is 18.2 Å². The van der Waals surface area contributed by atoms with Crippen LogP contribution in [-0.2, 0) is 0 Å². The van der Waals surface area contributed by atoms with E-state index in [1.165, 1.54) is 18.2 Å². The van der Waals surface area contributed by atoms with E-state index >= 15 is 0 Å². The Morgan fingerprint density at radius 3 is 2.41 bits per heavy atom. The number of thiazole rings is 1. The van der Waals surface area contributed by atoms with Crippen molar-refractivity contribution in [3.8, 4) is 10.9 Å². The molecule has 0 atom stereocenters. The van der Waals surface area contributed by atoms with E-state index in [0.29, 0.717) is 10.2 Å². The van der Waals surface area contributed by atoms with Crippen LogP contribution >= 0.6 is 11.3 Å². The lowest BCUT2D eigenvalue weighted by molar-refractivity contribution is -0.0505. The van der Waals surface area contributed by atoms with Crippen LogP contribution < -0.4 is 9.47 Å². The van der Waals surface area contributed by atoms with E-state index in [2.05, 4.69) is 14.5 Å². The van der Waals surface area contributed by atoms with E-state index in [1.807, 2.05) is 0 Å². The summed E-state index contributed by atoms with van der Waals surface area (Å²) >= 11 is 0.829. The molecule has 2 rings (SSSR count). The largest absolute Gasteiger partial charge is 0.435 e. The summed E-state index contributed by atoms with van der Waals surface area (Å²) in [7, 11) is 0. The Hall–Kier alpha value is -1.57. The van der Waals surface area contributed by atoms with Gasteiger partial charge in [-0.3, -0.25) is 0 Å². The minimum atomic E-state index is -2.97. The molecule has 0 aliphatic rings. The number of hydrogen-bond donors (Lipinski definition) is 0. The van der Waals surface area contributed by atoms with Crippen molar-refractivity contribution in [2.24, 2.45) is 0 Å². The maximum Gasteiger partial charge on any atom is 0.389 e. The monoisotopic (exact) mass is 267 g/mol. The van der Waals surface area contributed by atoms with Crippen LogP contribution in [-0.4, -0.2) is 18.2 Å². The molecule has 8 heteroatoms. The van der Waals surface area contributed by atoms with Gasteiger partial charge in [0.1, 0.15) is 5.75 Å². The fourth-order valence-electron chi connectivity index (χ4n) is 1.19. The molecule has 17 heavy (non-hydrogen) atoms. The fourth-order valence-corrected chi connectivity index (χ4v) is 2.03. The molecule has 0 aliphatic heterocycles. The van der Waals surface area contributed by atoms with Crippen LogP contribution in [0.25, 0.3) is 10.2 Å². The first-order valence-electron chi connectivity index (χ1n) is 4.35. The van der Waals surface area contributed by atoms with Crippen LogP contribution in [0.2, 0.25) is 0 Å². The summed E-state index contributed by atoms with van der Waals surface area (Å²) in [5, 5.41) is -0.218. The fraction of sp³-hybridized carbons (Fsp3) is 0.222. The van der Waals surface area contributed by atoms with Crippen LogP contribution in [0.3, 0.4) is 0 Å². The second-order valence-corrected chi connectivity index (χ2v) is 3.86. The zero-order valence-corrected chi connectivity index (χ0v) is 8.89. The summed E-state index contributed by atoms with van der Waals surface area (Å²) < 4.78 is 56.4. The van der Waals surface area contributed by atoms with E-state index in [9.17, 15) is 17.6 Å². The third-order valence-corrected chi connectivity index (χ3v) is 2.66. The number of ether oxygens (including phenoxy) is 2. The minimum Gasteiger partial charge on any atom is -0.435 e. The van der Waals surface area contributed by atoms with Crippen LogP contribution in [0, 0.1) is 0 Å². The minimum absolute atomic E-state index is 0.0558. The molecule has 3 nitrogen and oxygen atoms in total. The standard InChI is InChI=1S/C9H5F4NO2S/c10-7(11)15-4-1-2-5-6(3-4)17-9(14-5)16-8(12)13/h1-3,7-8H. The van der Waals surface area contributed by atoms with E-state index in [4.69, 9.17) is 0 Å². The number of fused-ring (bicyclic) bond motifs is 1. The molecule has 0 N–H and O–H groups in total. The molecule has 0 saturated carbocycles. The van der Waals surface area contributed by atoms with Crippen molar-refractivity contribution in [3.05, 3.63) is 18.2 Å². The highest BCUT2D eigenvalue weighted by atomic mass is 32.1. The molecule has 0 saturated heterocycles. The summed E-state index contributed by atoms with van der Waals surface area (Å²) in [6.07, 6.45) is 0. The molecule has 0 bridgehead atoms. The van der Waals surface area contributed by atoms with Gasteiger partial charge < -0.3 is 9.47 Å². The quantitative estimate of drug-likeness (QED) is 0.794. The molecule has 0 fully saturated rings. The maximum atomic E-state index is 11.9. The van der Waals surface area contributed by atoms with Gasteiger partial charge in [0.05, 0.1) is 10.2 Å². The molecule has 1 aromatic carbocycles. The van der Waals surface area contributed by atoms with Gasteiger partial charge in [0.2, 0.25) is 0 Å². The van der Waals surface area contributed by atoms with Crippen LogP contribution in [0.4, 0.5) is 17.6 Å². The Balaban J connectivity index is 2.27. The lowest BCUT2D eigenvalue weighted by Gasteiger charge is -2.02. The number of benzene rings is 1. The van der Waals surface area contributed by atoms with E-state index in [1.54, 1.807) is 0 Å². The van der Waals surface area contributed by atoms with Gasteiger partial charge in [0.15, 0.2) is 0 Å². The number of nitrogens with zero attached hydrogens (tertiary/aromatic N) is 1. The third-order valence-electron chi connectivity index (χ3n) is 1.76. The molecule has 0 spiro atoms. The molecule has 2 aromatic rings. The molecule has 1 aromatic heterocycles. The van der Waals surface area contributed by atoms with Gasteiger partial charge in [-0.25, -0.2) is 4.98 Å². The Bertz CT molecular complexity index is 509. The predicted molar refractivity (Wildman–Crippen MR) is 52.9 cm³/mol. The average Bonchev–Trinajstić information content (AvgIpc) is 2.56. The first-order chi connectivity index (χ1) is 8.04. The van der Waals surface area contributed by atoms with Gasteiger partial charge >= 0.3 is 13.2 Å². The van der Waals surface area contributed by atoms with E-state index < -0.39 is 13.2 Å². The molecule has 0 unspecified atom stereocenters. The van der Waals surface area contributed by atoms with Crippen LogP contribution in [0.5, 0.6) is 10.9 Å². The van der Waals surface area contributed by atoms with Crippen molar-refractivity contribution in [3.63, 3.8) is 0 Å². The topological polar surface area (TPSA) is 31.4 Å². The number of hydrogen-bond acceptors (Lipinski definition) is 4. The summed E-state index contributed by atoms with van der Waals surface area (Å²) in [5.41, 5.74) is 0.382. The van der Waals surface area contributed by atoms with Gasteiger partial charge in [-0.1, -0.05) is 11.3 Å². The number of alkyl halides is 4. The zero-order valence-electron chi connectivity index (χ0n) is 8.07. The second-order valence-electron chi connectivity index (χ2n) is 2.87. The molecule has 0 radical (unpaired) electrons. The van der Waals surface area contributed by atoms with Crippen molar-refractivity contribution in [2.75, 3.05) is 0 Å². The Labute approximate surface area is 96.6 Å². The normalized spacial score (nSPS) is 11.4. The third kappa shape index (κ3) is 2.96. The first kappa shape index (κ1) is 11.9. The summed E-state index contributed by atoms with van der Waals surface area (Å²) in [5.74, 6) is -0.0558. The number of halogens is 4. The molecular weight excluding hydrogens is 262 g/mol. The Morgan fingerprint density at radius 2 is 1.76 bits per heavy atom. The zero-order chi connectivity index (χ0) is 12.4. The van der Waals surface area contributed by atoms with Gasteiger partial charge in [0, 0.05) is 0 Å². The summed E-state index contributed by atoms with van der Waals surface area (Å²) in [4.78, 5) is 3.75. The number of rotatable bonds is 4. The Morgan fingerprint density at radius 1 is 1.06 bits per heavy atom. The van der Waals surface area contributed by atoms with Crippen LogP contribution in [0.1, 0.15) is 0 Å². The van der Waals surface area contributed by atoms with Crippen molar-refractivity contribution < 1.29 is 27.0 Å². The van der Waals surface area contributed by atoms with E-state index in [0.717, 1.165) is 11.3 Å². The average molecular weight is 267 g/mol. The van der Waals surface area contributed by atoms with Crippen LogP contribution in [0.15, 0.2) is 18.2 Å². The van der Waals surface area contributed by atoms with Crippen molar-refractivity contribution in [1.82, 2.24) is 4.98 Å². The Kier molecular flexibility index (Phi) is 3.32. The first-order valence-corrected chi connectivity index (χ1v) is 5.16. The smallest absolute Gasteiger partial charge is 0.389 e. The summed E-state index contributed by atoms with van der Waals surface area (Å²) in [6.45, 7) is -5.90. The maximum absolute atomic E-state index is 11.9. The highest BCUT2D eigenvalue weighted by molar-refractivity contribution is 7.20. The molecular formula is C9H5F4NO2S. The molecule has 0 amide bonds. The second kappa shape index (κ2) is 4.74. The highest BCUT2D eigenvalue weighted by Gasteiger charge is 2.11. The lowest BCUT2D eigenvalue weighted by atomic mass is 10.3. The molecule has 0 aliphatic carbocycles. The highest BCUT2D eigenvalue weighted by Crippen LogP contribution is 2.31. The van der Waals surface area contributed by atoms with E-state index in [-0.39, 0.29) is 10.9 Å². The van der Waals surface area contributed by atoms with Gasteiger partial charge in [-0.15, -0.1) is 0 Å². The van der Waals surface area contributed by atoms with Gasteiger partial charge in [-0.2, -0.15) is 17.6 Å². The lowest BCUT2D eigenvalue weighted by Crippen LogP contribution is -2.01. The molecule has 92 valence electrons.